The first-order valence-electron chi connectivity index (χ1n) is 12.2. The highest BCUT2D eigenvalue weighted by molar-refractivity contribution is 6.30. The van der Waals surface area contributed by atoms with Crippen molar-refractivity contribution in [3.8, 4) is 5.75 Å². The minimum absolute atomic E-state index is 0.0633. The first-order valence-corrected chi connectivity index (χ1v) is 12.6. The smallest absolute Gasteiger partial charge is 0.274 e. The van der Waals surface area contributed by atoms with E-state index in [0.29, 0.717) is 13.0 Å². The summed E-state index contributed by atoms with van der Waals surface area (Å²) >= 11 is 5.60. The lowest BCUT2D eigenvalue weighted by Gasteiger charge is -2.42. The quantitative estimate of drug-likeness (QED) is 0.488. The number of carbonyl (C=O) groups is 2. The second kappa shape index (κ2) is 9.84. The molecule has 2 atom stereocenters. The molecule has 2 aliphatic rings. The molecule has 7 nitrogen and oxygen atoms in total. The highest BCUT2D eigenvalue weighted by Gasteiger charge is 2.42. The van der Waals surface area contributed by atoms with Crippen LogP contribution >= 0.6 is 11.6 Å². The molecule has 0 unspecified atom stereocenters. The van der Waals surface area contributed by atoms with Gasteiger partial charge in [0.15, 0.2) is 11.4 Å². The molecule has 194 valence electrons. The predicted octanol–water partition coefficient (Wildman–Crippen LogP) is 4.79. The van der Waals surface area contributed by atoms with Crippen LogP contribution in [0.5, 0.6) is 5.75 Å². The second-order valence-electron chi connectivity index (χ2n) is 10.1. The molecule has 0 radical (unpaired) electrons. The number of nitrogens with one attached hydrogen (secondary N) is 1. The van der Waals surface area contributed by atoms with Crippen LogP contribution in [0.25, 0.3) is 0 Å². The van der Waals surface area contributed by atoms with Gasteiger partial charge in [0.1, 0.15) is 22.2 Å². The van der Waals surface area contributed by atoms with E-state index in [4.69, 9.17) is 11.6 Å². The summed E-state index contributed by atoms with van der Waals surface area (Å²) in [5.41, 5.74) is -1.28. The Balaban J connectivity index is 1.68. The van der Waals surface area contributed by atoms with Crippen LogP contribution in [0.4, 0.5) is 8.78 Å². The molecule has 1 aliphatic carbocycles. The molecular weight excluding hydrogens is 492 g/mol. The molecule has 10 heteroatoms. The van der Waals surface area contributed by atoms with Crippen LogP contribution in [-0.4, -0.2) is 39.0 Å². The second-order valence-corrected chi connectivity index (χ2v) is 10.5. The van der Waals surface area contributed by atoms with Gasteiger partial charge in [-0.15, -0.1) is 0 Å². The maximum Gasteiger partial charge on any atom is 0.274 e. The summed E-state index contributed by atoms with van der Waals surface area (Å²) in [6.45, 7) is 6.22. The number of rotatable bonds is 8. The number of hydrogen-bond acceptors (Lipinski definition) is 4. The van der Waals surface area contributed by atoms with Crippen LogP contribution in [0.15, 0.2) is 23.1 Å². The molecule has 36 heavy (non-hydrogen) atoms. The number of pyridine rings is 1. The number of halogens is 3. The number of fused-ring (bicyclic) bond motifs is 1. The lowest BCUT2D eigenvalue weighted by Crippen LogP contribution is -2.51. The largest absolute Gasteiger partial charge is 0.503 e. The highest BCUT2D eigenvalue weighted by atomic mass is 35.5. The SMILES string of the molecule is CCCN1C(=O)c2c(O)c(=O)c(C(=O)NCc3ccc(F)c(Cl)c3F)cn2[C@H](CCC2(C)CC2)[C@@H]1C. The number of amides is 2. The van der Waals surface area contributed by atoms with Crippen LogP contribution in [0, 0.1) is 17.0 Å². The highest BCUT2D eigenvalue weighted by Crippen LogP contribution is 2.50. The summed E-state index contributed by atoms with van der Waals surface area (Å²) in [5, 5.41) is 12.5. The zero-order valence-corrected chi connectivity index (χ0v) is 21.3. The molecule has 2 amide bonds. The first-order chi connectivity index (χ1) is 17.0. The molecule has 1 aromatic carbocycles. The van der Waals surface area contributed by atoms with Crippen molar-refractivity contribution in [2.45, 2.75) is 71.5 Å². The summed E-state index contributed by atoms with van der Waals surface area (Å²) in [6, 6.07) is 1.67. The molecule has 0 bridgehead atoms. The van der Waals surface area contributed by atoms with Crippen molar-refractivity contribution >= 4 is 23.4 Å². The molecule has 0 saturated heterocycles. The standard InChI is InChI=1S/C26H30ClF2N3O4/c1-4-11-31-14(2)18(7-8-26(3)9-10-26)32-13-16(22(33)23(34)21(32)25(31)36)24(35)30-12-15-5-6-17(28)19(27)20(15)29/h5-6,13-14,18,34H,4,7-12H2,1-3H3,(H,30,35)/t14-,18+/m0/s1. The molecule has 0 spiro atoms. The first kappa shape index (κ1) is 26.1. The summed E-state index contributed by atoms with van der Waals surface area (Å²) in [7, 11) is 0. The lowest BCUT2D eigenvalue weighted by atomic mass is 9.92. The molecular formula is C26H30ClF2N3O4. The monoisotopic (exact) mass is 521 g/mol. The van der Waals surface area contributed by atoms with Crippen molar-refractivity contribution in [3.63, 3.8) is 0 Å². The van der Waals surface area contributed by atoms with E-state index in [1.807, 2.05) is 13.8 Å². The molecule has 1 saturated carbocycles. The summed E-state index contributed by atoms with van der Waals surface area (Å²) in [6.07, 6.45) is 5.92. The maximum absolute atomic E-state index is 14.2. The Morgan fingerprint density at radius 1 is 1.28 bits per heavy atom. The Kier molecular flexibility index (Phi) is 7.14. The van der Waals surface area contributed by atoms with Gasteiger partial charge in [0.05, 0.1) is 6.04 Å². The molecule has 1 aromatic heterocycles. The number of carbonyl (C=O) groups excluding carboxylic acids is 2. The van der Waals surface area contributed by atoms with Crippen LogP contribution < -0.4 is 10.7 Å². The van der Waals surface area contributed by atoms with Gasteiger partial charge < -0.3 is 19.9 Å². The van der Waals surface area contributed by atoms with Crippen LogP contribution in [0.1, 0.15) is 85.3 Å². The molecule has 4 rings (SSSR count). The van der Waals surface area contributed by atoms with E-state index >= 15 is 0 Å². The van der Waals surface area contributed by atoms with Gasteiger partial charge in [-0.25, -0.2) is 8.78 Å². The lowest BCUT2D eigenvalue weighted by molar-refractivity contribution is 0.0520. The zero-order chi connectivity index (χ0) is 26.4. The van der Waals surface area contributed by atoms with E-state index in [2.05, 4.69) is 12.2 Å². The van der Waals surface area contributed by atoms with Crippen LogP contribution in [0.3, 0.4) is 0 Å². The third-order valence-electron chi connectivity index (χ3n) is 7.49. The fraction of sp³-hybridized carbons (Fsp3) is 0.500. The summed E-state index contributed by atoms with van der Waals surface area (Å²) in [4.78, 5) is 40.8. The van der Waals surface area contributed by atoms with Crippen molar-refractivity contribution in [1.82, 2.24) is 14.8 Å². The molecule has 1 aliphatic heterocycles. The van der Waals surface area contributed by atoms with Crippen LogP contribution in [0.2, 0.25) is 5.02 Å². The van der Waals surface area contributed by atoms with Crippen LogP contribution in [-0.2, 0) is 6.54 Å². The van der Waals surface area contributed by atoms with Gasteiger partial charge in [0, 0.05) is 30.9 Å². The third-order valence-corrected chi connectivity index (χ3v) is 7.84. The van der Waals surface area contributed by atoms with Gasteiger partial charge in [-0.2, -0.15) is 0 Å². The Morgan fingerprint density at radius 2 is 1.97 bits per heavy atom. The number of aromatic nitrogens is 1. The number of benzene rings is 1. The van der Waals surface area contributed by atoms with E-state index in [1.54, 1.807) is 9.47 Å². The van der Waals surface area contributed by atoms with E-state index in [9.17, 15) is 28.3 Å². The van der Waals surface area contributed by atoms with Crippen molar-refractivity contribution in [2.24, 2.45) is 5.41 Å². The maximum atomic E-state index is 14.2. The Bertz CT molecular complexity index is 1270. The number of aromatic hydroxyl groups is 1. The minimum atomic E-state index is -1.01. The average molecular weight is 522 g/mol. The fourth-order valence-corrected chi connectivity index (χ4v) is 5.06. The number of hydrogen-bond donors (Lipinski definition) is 2. The van der Waals surface area contributed by atoms with E-state index in [0.717, 1.165) is 37.8 Å². The van der Waals surface area contributed by atoms with Gasteiger partial charge in [0.2, 0.25) is 5.43 Å². The minimum Gasteiger partial charge on any atom is -0.503 e. The predicted molar refractivity (Wildman–Crippen MR) is 131 cm³/mol. The fourth-order valence-electron chi connectivity index (χ4n) is 4.88. The third kappa shape index (κ3) is 4.73. The van der Waals surface area contributed by atoms with E-state index < -0.39 is 39.6 Å². The van der Waals surface area contributed by atoms with Gasteiger partial charge in [-0.1, -0.05) is 31.5 Å². The van der Waals surface area contributed by atoms with Gasteiger partial charge in [-0.3, -0.25) is 14.4 Å². The molecule has 2 heterocycles. The van der Waals surface area contributed by atoms with E-state index in [-0.39, 0.29) is 40.9 Å². The van der Waals surface area contributed by atoms with Crippen molar-refractivity contribution in [3.05, 3.63) is 62.0 Å². The average Bonchev–Trinajstić information content (AvgIpc) is 3.58. The van der Waals surface area contributed by atoms with Crippen molar-refractivity contribution in [1.29, 1.82) is 0 Å². The molecule has 2 N–H and O–H groups in total. The van der Waals surface area contributed by atoms with Crippen molar-refractivity contribution < 1.29 is 23.5 Å². The van der Waals surface area contributed by atoms with Crippen molar-refractivity contribution in [2.75, 3.05) is 6.54 Å². The topological polar surface area (TPSA) is 91.6 Å². The van der Waals surface area contributed by atoms with E-state index in [1.165, 1.54) is 6.20 Å². The Hall–Kier alpha value is -2.94. The number of nitrogens with zero attached hydrogens (tertiary/aromatic N) is 2. The zero-order valence-electron chi connectivity index (χ0n) is 20.5. The van der Waals surface area contributed by atoms with Gasteiger partial charge in [-0.05, 0) is 50.5 Å². The van der Waals surface area contributed by atoms with Gasteiger partial charge in [0.25, 0.3) is 11.8 Å². The summed E-state index contributed by atoms with van der Waals surface area (Å²) in [5.74, 6) is -4.02. The molecule has 2 aromatic rings. The van der Waals surface area contributed by atoms with Gasteiger partial charge >= 0.3 is 0 Å². The molecule has 1 fully saturated rings. The normalized spacial score (nSPS) is 20.3. The Labute approximate surface area is 213 Å². The Morgan fingerprint density at radius 3 is 2.61 bits per heavy atom. The summed E-state index contributed by atoms with van der Waals surface area (Å²) < 4.78 is 29.2.